The van der Waals surface area contributed by atoms with Gasteiger partial charge in [0.1, 0.15) is 6.26 Å². The molecule has 0 radical (unpaired) electrons. The molecular weight excluding hydrogens is 342 g/mol. The minimum atomic E-state index is -0.295. The second-order valence-corrected chi connectivity index (χ2v) is 7.23. The van der Waals surface area contributed by atoms with E-state index in [4.69, 9.17) is 4.42 Å². The third kappa shape index (κ3) is 3.52. The van der Waals surface area contributed by atoms with Crippen LogP contribution in [0.25, 0.3) is 0 Å². The molecule has 2 aliphatic rings. The number of amides is 2. The lowest BCUT2D eigenvalue weighted by Gasteiger charge is -2.22. The maximum atomic E-state index is 12.7. The molecule has 2 N–H and O–H groups in total. The molecule has 0 aliphatic heterocycles. The van der Waals surface area contributed by atoms with Crippen LogP contribution in [0.2, 0.25) is 0 Å². The van der Waals surface area contributed by atoms with Gasteiger partial charge in [-0.1, -0.05) is 43.7 Å². The summed E-state index contributed by atoms with van der Waals surface area (Å²) in [6, 6.07) is 7.34. The largest absolute Gasteiger partial charge is 0.448 e. The minimum absolute atomic E-state index is 0.245. The van der Waals surface area contributed by atoms with Crippen LogP contribution in [0.3, 0.4) is 0 Å². The van der Waals surface area contributed by atoms with Crippen molar-refractivity contribution in [2.24, 2.45) is 0 Å². The Bertz CT molecular complexity index is 867. The lowest BCUT2D eigenvalue weighted by atomic mass is 10.1. The SMILES string of the molecule is C=CC(=O)N[C@@H]1c2ccccc2C[C@H]1NC(=O)c1coc(C2CCCC2)n1. The molecule has 1 aromatic heterocycles. The molecule has 2 aliphatic carbocycles. The zero-order valence-corrected chi connectivity index (χ0v) is 15.1. The standard InChI is InChI=1S/C21H23N3O3/c1-2-18(25)24-19-15-10-6-5-9-14(15)11-16(19)22-20(26)17-12-27-21(23-17)13-7-3-4-8-13/h2,5-6,9-10,12-13,16,19H,1,3-4,7-8,11H2,(H,22,26)(H,24,25)/t16-,19-/m1/s1. The molecule has 6 nitrogen and oxygen atoms in total. The fourth-order valence-electron chi connectivity index (χ4n) is 4.11. The zero-order chi connectivity index (χ0) is 18.8. The summed E-state index contributed by atoms with van der Waals surface area (Å²) in [4.78, 5) is 29.0. The minimum Gasteiger partial charge on any atom is -0.448 e. The van der Waals surface area contributed by atoms with Gasteiger partial charge >= 0.3 is 0 Å². The van der Waals surface area contributed by atoms with E-state index >= 15 is 0 Å². The number of fused-ring (bicyclic) bond motifs is 1. The summed E-state index contributed by atoms with van der Waals surface area (Å²) in [6.07, 6.45) is 7.81. The van der Waals surface area contributed by atoms with Gasteiger partial charge in [0.05, 0.1) is 12.1 Å². The summed E-state index contributed by atoms with van der Waals surface area (Å²) in [5.74, 6) is 0.436. The predicted octanol–water partition coefficient (Wildman–Crippen LogP) is 3.03. The number of aromatic nitrogens is 1. The van der Waals surface area contributed by atoms with E-state index in [0.29, 0.717) is 23.9 Å². The lowest BCUT2D eigenvalue weighted by Crippen LogP contribution is -2.44. The first-order valence-electron chi connectivity index (χ1n) is 9.42. The Hall–Kier alpha value is -2.89. The summed E-state index contributed by atoms with van der Waals surface area (Å²) in [5.41, 5.74) is 2.43. The van der Waals surface area contributed by atoms with Gasteiger partial charge in [0, 0.05) is 5.92 Å². The summed E-state index contributed by atoms with van der Waals surface area (Å²) in [6.45, 7) is 3.51. The first-order valence-corrected chi connectivity index (χ1v) is 9.42. The van der Waals surface area contributed by atoms with Crippen molar-refractivity contribution in [2.45, 2.75) is 50.1 Å². The third-order valence-electron chi connectivity index (χ3n) is 5.49. The highest BCUT2D eigenvalue weighted by Crippen LogP contribution is 2.34. The first-order chi connectivity index (χ1) is 13.2. The van der Waals surface area contributed by atoms with Crippen LogP contribution >= 0.6 is 0 Å². The molecule has 1 heterocycles. The van der Waals surface area contributed by atoms with Crippen molar-refractivity contribution in [1.82, 2.24) is 15.6 Å². The molecular formula is C21H23N3O3. The molecule has 0 bridgehead atoms. The van der Waals surface area contributed by atoms with Gasteiger partial charge in [-0.05, 0) is 36.5 Å². The fraction of sp³-hybridized carbons (Fsp3) is 0.381. The van der Waals surface area contributed by atoms with E-state index in [1.54, 1.807) is 0 Å². The molecule has 27 heavy (non-hydrogen) atoms. The van der Waals surface area contributed by atoms with E-state index in [0.717, 1.165) is 24.0 Å². The van der Waals surface area contributed by atoms with Crippen molar-refractivity contribution in [3.8, 4) is 0 Å². The summed E-state index contributed by atoms with van der Waals surface area (Å²) in [7, 11) is 0. The maximum absolute atomic E-state index is 12.7. The molecule has 2 atom stereocenters. The third-order valence-corrected chi connectivity index (χ3v) is 5.49. The Kier molecular flexibility index (Phi) is 4.79. The zero-order valence-electron chi connectivity index (χ0n) is 15.1. The van der Waals surface area contributed by atoms with Crippen molar-refractivity contribution >= 4 is 11.8 Å². The van der Waals surface area contributed by atoms with Crippen molar-refractivity contribution in [1.29, 1.82) is 0 Å². The Labute approximate surface area is 158 Å². The molecule has 1 fully saturated rings. The number of carbonyl (C=O) groups excluding carboxylic acids is 2. The van der Waals surface area contributed by atoms with Crippen LogP contribution < -0.4 is 10.6 Å². The van der Waals surface area contributed by atoms with Crippen LogP contribution in [0, 0.1) is 0 Å². The van der Waals surface area contributed by atoms with Crippen LogP contribution in [0.1, 0.15) is 65.1 Å². The smallest absolute Gasteiger partial charge is 0.273 e. The molecule has 1 aromatic carbocycles. The summed E-state index contributed by atoms with van der Waals surface area (Å²) < 4.78 is 5.55. The maximum Gasteiger partial charge on any atom is 0.273 e. The van der Waals surface area contributed by atoms with Gasteiger partial charge in [-0.3, -0.25) is 9.59 Å². The molecule has 4 rings (SSSR count). The number of rotatable bonds is 5. The van der Waals surface area contributed by atoms with Crippen LogP contribution in [-0.4, -0.2) is 22.8 Å². The summed E-state index contributed by atoms with van der Waals surface area (Å²) in [5, 5.41) is 5.94. The normalized spacial score (nSPS) is 21.6. The Morgan fingerprint density at radius 2 is 1.96 bits per heavy atom. The monoisotopic (exact) mass is 365 g/mol. The van der Waals surface area contributed by atoms with Crippen LogP contribution in [0.15, 0.2) is 47.6 Å². The average Bonchev–Trinajstić information content (AvgIpc) is 3.42. The molecule has 1 saturated carbocycles. The van der Waals surface area contributed by atoms with Crippen LogP contribution in [-0.2, 0) is 11.2 Å². The molecule has 6 heteroatoms. The lowest BCUT2D eigenvalue weighted by molar-refractivity contribution is -0.117. The fourth-order valence-corrected chi connectivity index (χ4v) is 4.11. The van der Waals surface area contributed by atoms with Gasteiger partial charge in [0.25, 0.3) is 5.91 Å². The number of nitrogens with zero attached hydrogens (tertiary/aromatic N) is 1. The topological polar surface area (TPSA) is 84.2 Å². The van der Waals surface area contributed by atoms with E-state index in [1.807, 2.05) is 24.3 Å². The average molecular weight is 365 g/mol. The number of oxazole rings is 1. The van der Waals surface area contributed by atoms with Crippen LogP contribution in [0.5, 0.6) is 0 Å². The highest BCUT2D eigenvalue weighted by molar-refractivity contribution is 5.92. The van der Waals surface area contributed by atoms with E-state index in [-0.39, 0.29) is 23.9 Å². The number of hydrogen-bond acceptors (Lipinski definition) is 4. The van der Waals surface area contributed by atoms with Crippen molar-refractivity contribution in [3.05, 3.63) is 65.9 Å². The molecule has 2 amide bonds. The Morgan fingerprint density at radius 3 is 2.74 bits per heavy atom. The van der Waals surface area contributed by atoms with Crippen molar-refractivity contribution in [2.75, 3.05) is 0 Å². The number of nitrogens with one attached hydrogen (secondary N) is 2. The van der Waals surface area contributed by atoms with Gasteiger partial charge in [-0.15, -0.1) is 0 Å². The second kappa shape index (κ2) is 7.39. The Balaban J connectivity index is 1.49. The quantitative estimate of drug-likeness (QED) is 0.798. The highest BCUT2D eigenvalue weighted by Gasteiger charge is 2.35. The van der Waals surface area contributed by atoms with Gasteiger partial charge in [-0.25, -0.2) is 4.98 Å². The van der Waals surface area contributed by atoms with E-state index < -0.39 is 0 Å². The number of hydrogen-bond donors (Lipinski definition) is 2. The van der Waals surface area contributed by atoms with Gasteiger partial charge in [0.2, 0.25) is 5.91 Å². The molecule has 140 valence electrons. The van der Waals surface area contributed by atoms with E-state index in [1.165, 1.54) is 25.2 Å². The number of carbonyl (C=O) groups is 2. The molecule has 2 aromatic rings. The Morgan fingerprint density at radius 1 is 1.19 bits per heavy atom. The second-order valence-electron chi connectivity index (χ2n) is 7.23. The van der Waals surface area contributed by atoms with Crippen molar-refractivity contribution in [3.63, 3.8) is 0 Å². The van der Waals surface area contributed by atoms with Crippen molar-refractivity contribution < 1.29 is 14.0 Å². The number of benzene rings is 1. The highest BCUT2D eigenvalue weighted by atomic mass is 16.3. The predicted molar refractivity (Wildman–Crippen MR) is 100 cm³/mol. The van der Waals surface area contributed by atoms with Gasteiger partial charge in [-0.2, -0.15) is 0 Å². The first kappa shape index (κ1) is 17.5. The van der Waals surface area contributed by atoms with Gasteiger partial charge in [0.15, 0.2) is 11.6 Å². The summed E-state index contributed by atoms with van der Waals surface area (Å²) >= 11 is 0. The molecule has 0 saturated heterocycles. The molecule has 0 unspecified atom stereocenters. The van der Waals surface area contributed by atoms with E-state index in [2.05, 4.69) is 22.2 Å². The van der Waals surface area contributed by atoms with Gasteiger partial charge < -0.3 is 15.1 Å². The van der Waals surface area contributed by atoms with Crippen LogP contribution in [0.4, 0.5) is 0 Å². The molecule has 0 spiro atoms. The van der Waals surface area contributed by atoms with E-state index in [9.17, 15) is 9.59 Å².